The van der Waals surface area contributed by atoms with Crippen LogP contribution in [-0.4, -0.2) is 33.6 Å². The van der Waals surface area contributed by atoms with Gasteiger partial charge in [0.05, 0.1) is 22.6 Å². The number of nitrogens with one attached hydrogen (secondary N) is 2. The van der Waals surface area contributed by atoms with Crippen LogP contribution in [0.25, 0.3) is 16.7 Å². The molecular weight excluding hydrogens is 564 g/mol. The van der Waals surface area contributed by atoms with Gasteiger partial charge in [-0.05, 0) is 79.3 Å². The van der Waals surface area contributed by atoms with Crippen LogP contribution in [0.4, 0.5) is 5.95 Å². The van der Waals surface area contributed by atoms with E-state index in [2.05, 4.69) is 105 Å². The smallest absolute Gasteiger partial charge is 0.208 e. The first-order valence-electron chi connectivity index (χ1n) is 15.9. The van der Waals surface area contributed by atoms with E-state index in [-0.39, 0.29) is 11.5 Å². The van der Waals surface area contributed by atoms with Crippen LogP contribution in [0, 0.1) is 22.7 Å². The van der Waals surface area contributed by atoms with E-state index in [1.165, 1.54) is 5.56 Å². The van der Waals surface area contributed by atoms with Gasteiger partial charge in [0, 0.05) is 42.1 Å². The number of aromatic nitrogens is 2. The fourth-order valence-corrected chi connectivity index (χ4v) is 5.64. The Morgan fingerprint density at radius 2 is 1.89 bits per heavy atom. The van der Waals surface area contributed by atoms with E-state index in [0.29, 0.717) is 22.6 Å². The lowest BCUT2D eigenvalue weighted by molar-refractivity contribution is 0.228. The number of likely N-dealkylation sites (tertiary alicyclic amines) is 1. The number of hydrogen-bond donors (Lipinski definition) is 2. The molecule has 2 aromatic carbocycles. The first-order valence-corrected chi connectivity index (χ1v) is 16.3. The first kappa shape index (κ1) is 33.4. The molecule has 2 atom stereocenters. The van der Waals surface area contributed by atoms with Crippen molar-refractivity contribution >= 4 is 34.3 Å². The van der Waals surface area contributed by atoms with Gasteiger partial charge in [-0.2, -0.15) is 5.26 Å². The van der Waals surface area contributed by atoms with Gasteiger partial charge in [0.25, 0.3) is 0 Å². The number of nitriles is 1. The second kappa shape index (κ2) is 14.5. The van der Waals surface area contributed by atoms with Crippen molar-refractivity contribution in [2.24, 2.45) is 11.3 Å². The van der Waals surface area contributed by atoms with Gasteiger partial charge in [-0.1, -0.05) is 83.7 Å². The third-order valence-corrected chi connectivity index (χ3v) is 9.04. The molecule has 3 aromatic rings. The van der Waals surface area contributed by atoms with Crippen LogP contribution in [0.5, 0.6) is 0 Å². The maximum atomic E-state index is 9.95. The van der Waals surface area contributed by atoms with E-state index in [1.54, 1.807) is 0 Å². The number of piperidine rings is 1. The number of benzene rings is 2. The number of imidazole rings is 1. The summed E-state index contributed by atoms with van der Waals surface area (Å²) in [4.78, 5) is 7.39. The van der Waals surface area contributed by atoms with Crippen molar-refractivity contribution in [2.75, 3.05) is 18.4 Å². The predicted molar refractivity (Wildman–Crippen MR) is 186 cm³/mol. The van der Waals surface area contributed by atoms with E-state index in [0.717, 1.165) is 79.3 Å². The normalized spacial score (nSPS) is 16.7. The molecule has 0 saturated carbocycles. The zero-order chi connectivity index (χ0) is 32.0. The minimum atomic E-state index is 0.145. The van der Waals surface area contributed by atoms with E-state index in [4.69, 9.17) is 16.6 Å². The summed E-state index contributed by atoms with van der Waals surface area (Å²) >= 11 is 6.15. The third-order valence-electron chi connectivity index (χ3n) is 8.79. The molecule has 0 bridgehead atoms. The Morgan fingerprint density at radius 3 is 2.55 bits per heavy atom. The highest BCUT2D eigenvalue weighted by molar-refractivity contribution is 6.30. The monoisotopic (exact) mass is 612 g/mol. The number of rotatable bonds is 12. The zero-order valence-electron chi connectivity index (χ0n) is 27.4. The highest BCUT2D eigenvalue weighted by Crippen LogP contribution is 2.34. The summed E-state index contributed by atoms with van der Waals surface area (Å²) < 4.78 is 2.32. The Labute approximate surface area is 269 Å². The number of anilines is 1. The van der Waals surface area contributed by atoms with Gasteiger partial charge in [0.15, 0.2) is 0 Å². The molecule has 1 aliphatic rings. The minimum absolute atomic E-state index is 0.145. The van der Waals surface area contributed by atoms with Crippen molar-refractivity contribution in [1.82, 2.24) is 19.8 Å². The molecule has 1 saturated heterocycles. The summed E-state index contributed by atoms with van der Waals surface area (Å²) in [6.45, 7) is 24.5. The van der Waals surface area contributed by atoms with Crippen molar-refractivity contribution in [1.29, 1.82) is 5.26 Å². The lowest BCUT2D eigenvalue weighted by Crippen LogP contribution is -2.37. The van der Waals surface area contributed by atoms with Crippen molar-refractivity contribution < 1.29 is 0 Å². The molecule has 0 aliphatic carbocycles. The third kappa shape index (κ3) is 8.34. The molecule has 7 heteroatoms. The second-order valence-electron chi connectivity index (χ2n) is 13.6. The average Bonchev–Trinajstić information content (AvgIpc) is 3.34. The summed E-state index contributed by atoms with van der Waals surface area (Å²) in [5.74, 6) is 1.36. The summed E-state index contributed by atoms with van der Waals surface area (Å²) in [7, 11) is 0. The molecule has 1 unspecified atom stereocenters. The van der Waals surface area contributed by atoms with Gasteiger partial charge in [-0.25, -0.2) is 4.98 Å². The van der Waals surface area contributed by atoms with Gasteiger partial charge < -0.3 is 20.1 Å². The lowest BCUT2D eigenvalue weighted by Gasteiger charge is -2.36. The molecule has 0 spiro atoms. The van der Waals surface area contributed by atoms with Gasteiger partial charge in [-0.3, -0.25) is 0 Å². The van der Waals surface area contributed by atoms with Gasteiger partial charge >= 0.3 is 0 Å². The summed E-state index contributed by atoms with van der Waals surface area (Å²) in [5, 5.41) is 17.8. The molecule has 44 heavy (non-hydrogen) atoms. The Balaban J connectivity index is 1.65. The Kier molecular flexibility index (Phi) is 11.0. The van der Waals surface area contributed by atoms with E-state index in [1.807, 2.05) is 24.3 Å². The maximum absolute atomic E-state index is 9.95. The van der Waals surface area contributed by atoms with Crippen molar-refractivity contribution in [3.8, 4) is 6.07 Å². The Bertz CT molecular complexity index is 1530. The fraction of sp³-hybridized carbons (Fsp3) is 0.459. The summed E-state index contributed by atoms with van der Waals surface area (Å²) in [6.07, 6.45) is 6.00. The number of nitrogens with zero attached hydrogens (tertiary/aromatic N) is 4. The number of hydrogen-bond acceptors (Lipinski definition) is 5. The SMILES string of the molecule is C=C(Nc1nc2cc(CN[C@@H](C)C(C)(C)C)ccc2n1C1CCCN(C(=C)/C(C#N)=C/CCC(C)C)C1)c1ccc(Cl)cc1. The molecule has 0 amide bonds. The Hall–Kier alpha value is -3.53. The molecule has 1 aliphatic heterocycles. The standard InChI is InChI=1S/C37H49ClN6/c1-25(2)11-9-12-31(22-39)27(4)43-20-10-13-33(24-43)44-35-19-14-29(23-40-28(5)37(6,7)8)21-34(35)42-36(44)41-26(3)30-15-17-32(38)18-16-30/h12,14-19,21,25,28,33,40H,3-4,9-11,13,20,23-24H2,1-2,5-8H3,(H,41,42)/b31-12+/t28-,33?/m0/s1. The van der Waals surface area contributed by atoms with Crippen LogP contribution in [0.15, 0.2) is 73.0 Å². The highest BCUT2D eigenvalue weighted by Gasteiger charge is 2.27. The number of halogens is 1. The zero-order valence-corrected chi connectivity index (χ0v) is 28.1. The minimum Gasteiger partial charge on any atom is -0.369 e. The number of allylic oxidation sites excluding steroid dienone is 2. The molecule has 2 N–H and O–H groups in total. The molecule has 1 aromatic heterocycles. The maximum Gasteiger partial charge on any atom is 0.208 e. The first-order chi connectivity index (χ1) is 20.9. The van der Waals surface area contributed by atoms with Gasteiger partial charge in [0.1, 0.15) is 6.07 Å². The lowest BCUT2D eigenvalue weighted by atomic mass is 9.88. The van der Waals surface area contributed by atoms with Crippen LogP contribution in [-0.2, 0) is 6.54 Å². The highest BCUT2D eigenvalue weighted by atomic mass is 35.5. The van der Waals surface area contributed by atoms with Crippen molar-refractivity contribution in [3.63, 3.8) is 0 Å². The van der Waals surface area contributed by atoms with Crippen LogP contribution < -0.4 is 10.6 Å². The van der Waals surface area contributed by atoms with Gasteiger partial charge in [-0.15, -0.1) is 0 Å². The molecule has 0 radical (unpaired) electrons. The van der Waals surface area contributed by atoms with Crippen LogP contribution in [0.3, 0.4) is 0 Å². The molecule has 2 heterocycles. The molecule has 4 rings (SSSR count). The summed E-state index contributed by atoms with van der Waals surface area (Å²) in [5.41, 5.74) is 6.61. The van der Waals surface area contributed by atoms with Crippen molar-refractivity contribution in [3.05, 3.63) is 89.1 Å². The fourth-order valence-electron chi connectivity index (χ4n) is 5.52. The predicted octanol–water partition coefficient (Wildman–Crippen LogP) is 9.33. The molecule has 6 nitrogen and oxygen atoms in total. The summed E-state index contributed by atoms with van der Waals surface area (Å²) in [6, 6.07) is 17.2. The topological polar surface area (TPSA) is 68.9 Å². The molecule has 234 valence electrons. The largest absolute Gasteiger partial charge is 0.369 e. The van der Waals surface area contributed by atoms with E-state index >= 15 is 0 Å². The van der Waals surface area contributed by atoms with E-state index < -0.39 is 0 Å². The van der Waals surface area contributed by atoms with E-state index in [9.17, 15) is 5.26 Å². The second-order valence-corrected chi connectivity index (χ2v) is 14.0. The molecule has 1 fully saturated rings. The quantitative estimate of drug-likeness (QED) is 0.157. The Morgan fingerprint density at radius 1 is 1.16 bits per heavy atom. The average molecular weight is 613 g/mol. The van der Waals surface area contributed by atoms with Crippen LogP contribution in [0.2, 0.25) is 5.02 Å². The van der Waals surface area contributed by atoms with Crippen LogP contribution in [0.1, 0.15) is 84.4 Å². The molecular formula is C37H49ClN6. The van der Waals surface area contributed by atoms with Gasteiger partial charge in [0.2, 0.25) is 5.95 Å². The number of fused-ring (bicyclic) bond motifs is 1. The van der Waals surface area contributed by atoms with Crippen LogP contribution >= 0.6 is 11.6 Å². The van der Waals surface area contributed by atoms with Crippen molar-refractivity contribution in [2.45, 2.75) is 85.9 Å².